The summed E-state index contributed by atoms with van der Waals surface area (Å²) in [5.74, 6) is 2.84. The second-order valence-corrected chi connectivity index (χ2v) is 11.7. The predicted molar refractivity (Wildman–Crippen MR) is 140 cm³/mol. The summed E-state index contributed by atoms with van der Waals surface area (Å²) in [7, 11) is 0. The van der Waals surface area contributed by atoms with Gasteiger partial charge in [-0.15, -0.1) is 0 Å². The summed E-state index contributed by atoms with van der Waals surface area (Å²) in [6.07, 6.45) is 8.23. The van der Waals surface area contributed by atoms with Crippen LogP contribution in [0.25, 0.3) is 22.6 Å². The summed E-state index contributed by atoms with van der Waals surface area (Å²) in [5.41, 5.74) is 4.83. The number of phenols is 1. The molecule has 0 unspecified atom stereocenters. The van der Waals surface area contributed by atoms with Gasteiger partial charge in [-0.2, -0.15) is 0 Å². The molecule has 7 heteroatoms. The molecular formula is C28H31N3O3S. The van der Waals surface area contributed by atoms with Crippen LogP contribution in [0.3, 0.4) is 0 Å². The van der Waals surface area contributed by atoms with Gasteiger partial charge in [-0.05, 0) is 123 Å². The standard InChI is InChI=1S/C28H31N3O3S/c1-15-5-16(2)25-22(6-15)30-26(34-25)21-10-20(3-4-23(21)32)29-27(35)31-24(33)14-28-11-17-7-18(12-28)9-19(8-17)13-28/h3-6,10,17-19,32H,7-9,11-14H2,1-2H3,(H2,29,31,33,35). The first-order valence-corrected chi connectivity index (χ1v) is 13.0. The van der Waals surface area contributed by atoms with Crippen molar-refractivity contribution in [1.82, 2.24) is 10.3 Å². The Kier molecular flexibility index (Phi) is 5.36. The Balaban J connectivity index is 1.14. The molecule has 1 heterocycles. The fourth-order valence-electron chi connectivity index (χ4n) is 7.46. The number of nitrogens with one attached hydrogen (secondary N) is 2. The Labute approximate surface area is 210 Å². The Bertz CT molecular complexity index is 1310. The molecule has 4 aliphatic rings. The number of benzene rings is 2. The third-order valence-electron chi connectivity index (χ3n) is 8.26. The van der Waals surface area contributed by atoms with E-state index in [2.05, 4.69) is 15.6 Å². The molecule has 0 radical (unpaired) electrons. The number of oxazole rings is 1. The molecule has 4 aliphatic carbocycles. The van der Waals surface area contributed by atoms with Crippen LogP contribution in [0.4, 0.5) is 5.69 Å². The molecule has 3 aromatic rings. The van der Waals surface area contributed by atoms with Gasteiger partial charge in [-0.25, -0.2) is 4.98 Å². The number of anilines is 1. The normalized spacial score (nSPS) is 26.7. The molecule has 4 bridgehead atoms. The zero-order valence-corrected chi connectivity index (χ0v) is 21.0. The molecular weight excluding hydrogens is 458 g/mol. The van der Waals surface area contributed by atoms with Crippen molar-refractivity contribution in [2.45, 2.75) is 58.8 Å². The van der Waals surface area contributed by atoms with Crippen molar-refractivity contribution < 1.29 is 14.3 Å². The van der Waals surface area contributed by atoms with Crippen molar-refractivity contribution in [2.75, 3.05) is 5.32 Å². The lowest BCUT2D eigenvalue weighted by Gasteiger charge is -2.56. The number of aryl methyl sites for hydroxylation is 2. The second kappa shape index (κ2) is 8.33. The lowest BCUT2D eigenvalue weighted by Crippen LogP contribution is -2.48. The van der Waals surface area contributed by atoms with Crippen LogP contribution in [0.1, 0.15) is 56.1 Å². The predicted octanol–water partition coefficient (Wildman–Crippen LogP) is 6.24. The van der Waals surface area contributed by atoms with Crippen LogP contribution in [0.5, 0.6) is 5.75 Å². The number of nitrogens with zero attached hydrogens (tertiary/aromatic N) is 1. The largest absolute Gasteiger partial charge is 0.507 e. The topological polar surface area (TPSA) is 87.4 Å². The van der Waals surface area contributed by atoms with E-state index in [-0.39, 0.29) is 22.2 Å². The van der Waals surface area contributed by atoms with E-state index in [9.17, 15) is 9.90 Å². The summed E-state index contributed by atoms with van der Waals surface area (Å²) in [5, 5.41) is 16.7. The fourth-order valence-corrected chi connectivity index (χ4v) is 7.69. The number of carbonyl (C=O) groups is 1. The summed E-state index contributed by atoms with van der Waals surface area (Å²) in [6, 6.07) is 9.03. The van der Waals surface area contributed by atoms with Crippen LogP contribution < -0.4 is 10.6 Å². The maximum atomic E-state index is 12.9. The highest BCUT2D eigenvalue weighted by Gasteiger charge is 2.51. The van der Waals surface area contributed by atoms with Crippen molar-refractivity contribution in [3.8, 4) is 17.2 Å². The van der Waals surface area contributed by atoms with E-state index in [1.165, 1.54) is 38.5 Å². The van der Waals surface area contributed by atoms with E-state index in [4.69, 9.17) is 16.6 Å². The molecule has 3 N–H and O–H groups in total. The van der Waals surface area contributed by atoms with Gasteiger partial charge in [0.05, 0.1) is 5.56 Å². The van der Waals surface area contributed by atoms with Crippen molar-refractivity contribution in [3.05, 3.63) is 41.5 Å². The van der Waals surface area contributed by atoms with Crippen molar-refractivity contribution in [1.29, 1.82) is 0 Å². The molecule has 35 heavy (non-hydrogen) atoms. The molecule has 0 spiro atoms. The maximum Gasteiger partial charge on any atom is 0.231 e. The van der Waals surface area contributed by atoms with Crippen LogP contribution >= 0.6 is 12.2 Å². The van der Waals surface area contributed by atoms with Gasteiger partial charge in [-0.3, -0.25) is 4.79 Å². The van der Waals surface area contributed by atoms with Crippen LogP contribution in [-0.2, 0) is 4.79 Å². The van der Waals surface area contributed by atoms with Crippen LogP contribution in [-0.4, -0.2) is 21.1 Å². The third-order valence-corrected chi connectivity index (χ3v) is 8.46. The molecule has 7 rings (SSSR count). The highest BCUT2D eigenvalue weighted by atomic mass is 32.1. The van der Waals surface area contributed by atoms with Crippen LogP contribution in [0.15, 0.2) is 34.7 Å². The number of rotatable bonds is 4. The van der Waals surface area contributed by atoms with Crippen LogP contribution in [0.2, 0.25) is 0 Å². The summed E-state index contributed by atoms with van der Waals surface area (Å²) < 4.78 is 5.98. The number of amides is 1. The Morgan fingerprint density at radius 2 is 1.80 bits per heavy atom. The van der Waals surface area contributed by atoms with Crippen LogP contribution in [0, 0.1) is 37.0 Å². The molecule has 0 saturated heterocycles. The molecule has 2 aromatic carbocycles. The molecule has 1 aromatic heterocycles. The average molecular weight is 490 g/mol. The first-order valence-electron chi connectivity index (χ1n) is 12.6. The SMILES string of the molecule is Cc1cc(C)c2oc(-c3cc(NC(=S)NC(=O)CC45CC6CC(CC(C6)C4)C5)ccc3O)nc2c1. The fraction of sp³-hybridized carbons (Fsp3) is 0.464. The first kappa shape index (κ1) is 22.5. The Hall–Kier alpha value is -2.93. The van der Waals surface area contributed by atoms with Gasteiger partial charge in [0, 0.05) is 12.1 Å². The molecule has 0 aliphatic heterocycles. The molecule has 1 amide bonds. The highest BCUT2D eigenvalue weighted by molar-refractivity contribution is 7.80. The van der Waals surface area contributed by atoms with Crippen molar-refractivity contribution in [2.24, 2.45) is 23.2 Å². The number of aromatic hydroxyl groups is 1. The van der Waals surface area contributed by atoms with Gasteiger partial charge in [0.15, 0.2) is 10.7 Å². The molecule has 0 atom stereocenters. The Morgan fingerprint density at radius 1 is 1.11 bits per heavy atom. The lowest BCUT2D eigenvalue weighted by molar-refractivity contribution is -0.127. The van der Waals surface area contributed by atoms with E-state index in [1.807, 2.05) is 26.0 Å². The minimum Gasteiger partial charge on any atom is -0.507 e. The smallest absolute Gasteiger partial charge is 0.231 e. The maximum absolute atomic E-state index is 12.9. The van der Waals surface area contributed by atoms with Crippen molar-refractivity contribution >= 4 is 40.0 Å². The monoisotopic (exact) mass is 489 g/mol. The molecule has 6 nitrogen and oxygen atoms in total. The van der Waals surface area contributed by atoms with Gasteiger partial charge >= 0.3 is 0 Å². The minimum absolute atomic E-state index is 0.00625. The summed E-state index contributed by atoms with van der Waals surface area (Å²) >= 11 is 5.45. The number of hydrogen-bond acceptors (Lipinski definition) is 5. The highest BCUT2D eigenvalue weighted by Crippen LogP contribution is 2.61. The van der Waals surface area contributed by atoms with Gasteiger partial charge in [0.25, 0.3) is 0 Å². The average Bonchev–Trinajstić information content (AvgIpc) is 3.17. The number of thiocarbonyl (C=S) groups is 1. The number of hydrogen-bond donors (Lipinski definition) is 3. The number of carbonyl (C=O) groups excluding carboxylic acids is 1. The summed E-state index contributed by atoms with van der Waals surface area (Å²) in [6.45, 7) is 3.99. The molecule has 4 fully saturated rings. The lowest BCUT2D eigenvalue weighted by atomic mass is 9.49. The van der Waals surface area contributed by atoms with Gasteiger partial charge < -0.3 is 20.2 Å². The van der Waals surface area contributed by atoms with Gasteiger partial charge in [0.1, 0.15) is 11.3 Å². The first-order chi connectivity index (χ1) is 16.7. The quantitative estimate of drug-likeness (QED) is 0.297. The van der Waals surface area contributed by atoms with E-state index in [1.54, 1.807) is 18.2 Å². The second-order valence-electron chi connectivity index (χ2n) is 11.3. The van der Waals surface area contributed by atoms with E-state index in [0.717, 1.165) is 34.4 Å². The zero-order chi connectivity index (χ0) is 24.3. The summed E-state index contributed by atoms with van der Waals surface area (Å²) in [4.78, 5) is 17.5. The van der Waals surface area contributed by atoms with E-state index < -0.39 is 0 Å². The number of fused-ring (bicyclic) bond motifs is 1. The third kappa shape index (κ3) is 4.31. The van der Waals surface area contributed by atoms with E-state index in [0.29, 0.717) is 29.1 Å². The molecule has 182 valence electrons. The minimum atomic E-state index is -0.00625. The van der Waals surface area contributed by atoms with E-state index >= 15 is 0 Å². The van der Waals surface area contributed by atoms with Gasteiger partial charge in [0.2, 0.25) is 11.8 Å². The van der Waals surface area contributed by atoms with Crippen molar-refractivity contribution in [3.63, 3.8) is 0 Å². The Morgan fingerprint density at radius 3 is 2.49 bits per heavy atom. The number of phenolic OH excluding ortho intramolecular Hbond substituents is 1. The van der Waals surface area contributed by atoms with Gasteiger partial charge in [-0.1, -0.05) is 6.07 Å². The zero-order valence-electron chi connectivity index (χ0n) is 20.2. The molecule has 4 saturated carbocycles. The number of aromatic nitrogens is 1.